The topological polar surface area (TPSA) is 214 Å². The second-order valence-electron chi connectivity index (χ2n) is 19.4. The van der Waals surface area contributed by atoms with E-state index in [0.29, 0.717) is 13.0 Å². The molecule has 14 nitrogen and oxygen atoms in total. The molecule has 2 fully saturated rings. The fourth-order valence-electron chi connectivity index (χ4n) is 8.34. The second kappa shape index (κ2) is 45.4. The summed E-state index contributed by atoms with van der Waals surface area (Å²) >= 11 is 0. The first kappa shape index (κ1) is 66.3. The van der Waals surface area contributed by atoms with E-state index in [9.17, 15) is 40.5 Å². The van der Waals surface area contributed by atoms with E-state index in [4.69, 9.17) is 28.4 Å². The predicted octanol–water partition coefficient (Wildman–Crippen LogP) is 9.63. The summed E-state index contributed by atoms with van der Waals surface area (Å²) in [5.74, 6) is -0.406. The molecule has 2 aliphatic heterocycles. The van der Waals surface area contributed by atoms with Crippen molar-refractivity contribution in [3.63, 3.8) is 0 Å². The summed E-state index contributed by atoms with van der Waals surface area (Å²) in [6.07, 6.45) is 42.1. The summed E-state index contributed by atoms with van der Waals surface area (Å²) < 4.78 is 34.3. The smallest absolute Gasteiger partial charge is 0.306 e. The lowest BCUT2D eigenvalue weighted by atomic mass is 9.98. The number of ether oxygens (including phenoxy) is 6. The number of esters is 1. The SMILES string of the molecule is CC/C=C\C/C=C\C/C=C\C/C=C\CCCCCCC(=O)OC(COCCCCCCCCC/C=C\C/C=C\C/C=C\CCCCCCC)COC1OC(COC2OC(CO)C(O)C(O)C2O)C(O)C(O)C1O. The second-order valence-corrected chi connectivity index (χ2v) is 19.4. The number of aliphatic hydroxyl groups is 7. The van der Waals surface area contributed by atoms with Crippen molar-refractivity contribution in [1.29, 1.82) is 0 Å². The molecule has 0 aromatic carbocycles. The van der Waals surface area contributed by atoms with Gasteiger partial charge in [0.15, 0.2) is 12.6 Å². The van der Waals surface area contributed by atoms with Gasteiger partial charge in [-0.1, -0.05) is 170 Å². The van der Waals surface area contributed by atoms with Gasteiger partial charge in [-0.3, -0.25) is 4.79 Å². The number of rotatable bonds is 44. The minimum absolute atomic E-state index is 0.0395. The quantitative estimate of drug-likeness (QED) is 0.0172. The van der Waals surface area contributed by atoms with Crippen LogP contribution < -0.4 is 0 Å². The molecule has 2 rings (SSSR count). The molecule has 14 heteroatoms. The van der Waals surface area contributed by atoms with Gasteiger partial charge in [0.05, 0.1) is 26.4 Å². The van der Waals surface area contributed by atoms with E-state index in [1.165, 1.54) is 57.8 Å². The van der Waals surface area contributed by atoms with Gasteiger partial charge < -0.3 is 64.2 Å². The molecular formula is C59H100O14. The van der Waals surface area contributed by atoms with Crippen LogP contribution in [0.25, 0.3) is 0 Å². The molecular weight excluding hydrogens is 933 g/mol. The number of aliphatic hydroxyl groups excluding tert-OH is 7. The highest BCUT2D eigenvalue weighted by atomic mass is 16.7. The molecule has 0 aromatic heterocycles. The van der Waals surface area contributed by atoms with Gasteiger partial charge in [0, 0.05) is 13.0 Å². The predicted molar refractivity (Wildman–Crippen MR) is 288 cm³/mol. The molecule has 11 unspecified atom stereocenters. The third-order valence-electron chi connectivity index (χ3n) is 12.9. The number of allylic oxidation sites excluding steroid dienone is 14. The Hall–Kier alpha value is -2.83. The largest absolute Gasteiger partial charge is 0.457 e. The molecule has 0 bridgehead atoms. The Morgan fingerprint density at radius 1 is 0.466 bits per heavy atom. The van der Waals surface area contributed by atoms with Crippen LogP contribution in [0.15, 0.2) is 85.1 Å². The van der Waals surface area contributed by atoms with Crippen LogP contribution >= 0.6 is 0 Å². The van der Waals surface area contributed by atoms with Gasteiger partial charge in [-0.15, -0.1) is 0 Å². The summed E-state index contributed by atoms with van der Waals surface area (Å²) in [5, 5.41) is 72.3. The molecule has 0 amide bonds. The first-order valence-corrected chi connectivity index (χ1v) is 28.2. The van der Waals surface area contributed by atoms with Crippen LogP contribution in [-0.2, 0) is 33.2 Å². The maximum absolute atomic E-state index is 13.0. The van der Waals surface area contributed by atoms with Gasteiger partial charge in [-0.25, -0.2) is 0 Å². The summed E-state index contributed by atoms with van der Waals surface area (Å²) in [6.45, 7) is 3.49. The Kier molecular flexibility index (Phi) is 41.2. The number of carbonyl (C=O) groups is 1. The summed E-state index contributed by atoms with van der Waals surface area (Å²) in [7, 11) is 0. The minimum atomic E-state index is -1.72. The zero-order valence-electron chi connectivity index (χ0n) is 44.8. The van der Waals surface area contributed by atoms with Crippen molar-refractivity contribution in [2.24, 2.45) is 0 Å². The average Bonchev–Trinajstić information content (AvgIpc) is 3.39. The van der Waals surface area contributed by atoms with Crippen LogP contribution in [0, 0.1) is 0 Å². The van der Waals surface area contributed by atoms with E-state index < -0.39 is 86.7 Å². The Morgan fingerprint density at radius 3 is 1.40 bits per heavy atom. The highest BCUT2D eigenvalue weighted by Gasteiger charge is 2.47. The number of hydrogen-bond acceptors (Lipinski definition) is 14. The molecule has 2 aliphatic rings. The fraction of sp³-hybridized carbons (Fsp3) is 0.746. The van der Waals surface area contributed by atoms with E-state index in [1.807, 2.05) is 0 Å². The molecule has 0 spiro atoms. The van der Waals surface area contributed by atoms with Gasteiger partial charge >= 0.3 is 5.97 Å². The summed E-state index contributed by atoms with van der Waals surface area (Å²) in [6, 6.07) is 0. The van der Waals surface area contributed by atoms with Crippen LogP contribution in [0.4, 0.5) is 0 Å². The molecule has 420 valence electrons. The maximum Gasteiger partial charge on any atom is 0.306 e. The Morgan fingerprint density at radius 2 is 0.890 bits per heavy atom. The van der Waals surface area contributed by atoms with Crippen molar-refractivity contribution in [3.8, 4) is 0 Å². The molecule has 0 saturated carbocycles. The lowest BCUT2D eigenvalue weighted by Gasteiger charge is -2.42. The molecule has 0 aromatic rings. The average molecular weight is 1030 g/mol. The first-order valence-electron chi connectivity index (χ1n) is 28.2. The Bertz CT molecular complexity index is 1530. The van der Waals surface area contributed by atoms with E-state index in [2.05, 4.69) is 98.9 Å². The molecule has 2 heterocycles. The lowest BCUT2D eigenvalue weighted by Crippen LogP contribution is -2.61. The van der Waals surface area contributed by atoms with Crippen LogP contribution in [0.2, 0.25) is 0 Å². The van der Waals surface area contributed by atoms with Crippen LogP contribution in [-0.4, -0.2) is 142 Å². The Balaban J connectivity index is 1.75. The van der Waals surface area contributed by atoms with Crippen molar-refractivity contribution >= 4 is 5.97 Å². The number of carbonyl (C=O) groups excluding carboxylic acids is 1. The van der Waals surface area contributed by atoms with Crippen LogP contribution in [0.1, 0.15) is 181 Å². The molecule has 7 N–H and O–H groups in total. The molecule has 11 atom stereocenters. The van der Waals surface area contributed by atoms with Gasteiger partial charge in [-0.05, 0) is 89.9 Å². The van der Waals surface area contributed by atoms with Gasteiger partial charge in [0.25, 0.3) is 0 Å². The van der Waals surface area contributed by atoms with Crippen molar-refractivity contribution in [2.45, 2.75) is 248 Å². The summed E-state index contributed by atoms with van der Waals surface area (Å²) in [4.78, 5) is 13.0. The molecule has 0 aliphatic carbocycles. The van der Waals surface area contributed by atoms with Crippen molar-refractivity contribution in [1.82, 2.24) is 0 Å². The zero-order chi connectivity index (χ0) is 53.0. The fourth-order valence-corrected chi connectivity index (χ4v) is 8.34. The normalized spacial score (nSPS) is 25.6. The Labute approximate surface area is 439 Å². The van der Waals surface area contributed by atoms with Gasteiger partial charge in [0.2, 0.25) is 0 Å². The monoisotopic (exact) mass is 1030 g/mol. The number of unbranched alkanes of at least 4 members (excludes halogenated alkanes) is 16. The third kappa shape index (κ3) is 32.4. The van der Waals surface area contributed by atoms with E-state index >= 15 is 0 Å². The molecule has 0 radical (unpaired) electrons. The standard InChI is InChI=1S/C59H100O14/c1-3-5-7-9-11-13-15-17-19-21-22-23-24-25-27-29-31-33-35-37-39-41-43-68-45-48(71-51(61)42-40-38-36-34-32-30-28-26-20-18-16-14-12-10-8-6-4-2)46-69-58-57(67)55(65)53(63)50(73-58)47-70-59-56(66)54(64)52(62)49(44-60)72-59/h6,8,12,14-15,17-18,20-22,24-25,28,30,48-50,52-60,62-67H,3-5,7,9-11,13,16,19,23,26-27,29,31-47H2,1-2H3/b8-6-,14-12-,17-15-,20-18-,22-21-,25-24-,30-28-. The summed E-state index contributed by atoms with van der Waals surface area (Å²) in [5.41, 5.74) is 0. The highest BCUT2D eigenvalue weighted by Crippen LogP contribution is 2.26. The minimum Gasteiger partial charge on any atom is -0.457 e. The highest BCUT2D eigenvalue weighted by molar-refractivity contribution is 5.69. The molecule has 2 saturated heterocycles. The van der Waals surface area contributed by atoms with E-state index in [1.54, 1.807) is 0 Å². The third-order valence-corrected chi connectivity index (χ3v) is 12.9. The van der Waals surface area contributed by atoms with Gasteiger partial charge in [0.1, 0.15) is 54.9 Å². The van der Waals surface area contributed by atoms with Crippen molar-refractivity contribution < 1.29 is 69.0 Å². The van der Waals surface area contributed by atoms with E-state index in [0.717, 1.165) is 96.3 Å². The first-order chi connectivity index (χ1) is 35.6. The maximum atomic E-state index is 13.0. The van der Waals surface area contributed by atoms with E-state index in [-0.39, 0.29) is 19.6 Å². The van der Waals surface area contributed by atoms with Crippen LogP contribution in [0.3, 0.4) is 0 Å². The lowest BCUT2D eigenvalue weighted by molar-refractivity contribution is -0.332. The molecule has 73 heavy (non-hydrogen) atoms. The van der Waals surface area contributed by atoms with Crippen LogP contribution in [0.5, 0.6) is 0 Å². The zero-order valence-corrected chi connectivity index (χ0v) is 44.8. The van der Waals surface area contributed by atoms with Crippen molar-refractivity contribution in [2.75, 3.05) is 33.0 Å². The number of hydrogen-bond donors (Lipinski definition) is 7. The van der Waals surface area contributed by atoms with Crippen molar-refractivity contribution in [3.05, 3.63) is 85.1 Å². The van der Waals surface area contributed by atoms with Gasteiger partial charge in [-0.2, -0.15) is 0 Å².